The van der Waals surface area contributed by atoms with Crippen molar-refractivity contribution in [1.82, 2.24) is 21.3 Å². The normalized spacial score (nSPS) is 10.7. The molecule has 4 amide bonds. The highest BCUT2D eigenvalue weighted by Crippen LogP contribution is 2.52. The van der Waals surface area contributed by atoms with E-state index in [0.717, 1.165) is 11.1 Å². The van der Waals surface area contributed by atoms with Crippen LogP contribution in [0.2, 0.25) is 0 Å². The second-order valence-corrected chi connectivity index (χ2v) is 18.6. The fraction of sp³-hybridized carbons (Fsp3) is 0.226. The Kier molecular flexibility index (Phi) is 21.3. The zero-order chi connectivity index (χ0) is 59.5. The number of amides is 4. The van der Waals surface area contributed by atoms with Crippen molar-refractivity contribution in [2.24, 2.45) is 0 Å². The van der Waals surface area contributed by atoms with E-state index in [0.29, 0.717) is 38.2 Å². The van der Waals surface area contributed by atoms with Crippen LogP contribution in [0, 0.1) is 0 Å². The van der Waals surface area contributed by atoms with Crippen LogP contribution in [0.1, 0.15) is 51.3 Å². The molecule has 0 aliphatic rings. The van der Waals surface area contributed by atoms with Gasteiger partial charge in [0.15, 0.2) is 0 Å². The van der Waals surface area contributed by atoms with Crippen LogP contribution in [-0.2, 0) is 43.5 Å². The Morgan fingerprint density at radius 2 is 0.732 bits per heavy atom. The van der Waals surface area contributed by atoms with Crippen molar-refractivity contribution in [3.63, 3.8) is 0 Å². The molecular formula is C62H62N4O16. The molecule has 6 aromatic carbocycles. The fourth-order valence-electron chi connectivity index (χ4n) is 8.18. The number of hydrogen-bond acceptors (Lipinski definition) is 16. The third-order valence-electron chi connectivity index (χ3n) is 12.1. The molecule has 0 unspecified atom stereocenters. The Labute approximate surface area is 473 Å². The number of nitrogens with one attached hydrogen (secondary N) is 4. The number of ether oxygens (including phenoxy) is 8. The Bertz CT molecular complexity index is 3280. The molecule has 0 aliphatic carbocycles. The minimum Gasteiger partial charge on any atom is -0.460 e. The average molecular weight is 1120 g/mol. The maximum atomic E-state index is 14.0. The largest absolute Gasteiger partial charge is 0.460 e. The van der Waals surface area contributed by atoms with Crippen LogP contribution < -0.4 is 40.2 Å². The van der Waals surface area contributed by atoms with Gasteiger partial charge in [0.2, 0.25) is 0 Å². The van der Waals surface area contributed by atoms with E-state index in [1.54, 1.807) is 48.5 Å². The lowest BCUT2D eigenvalue weighted by molar-refractivity contribution is -0.139. The molecule has 20 heteroatoms. The van der Waals surface area contributed by atoms with E-state index >= 15 is 0 Å². The summed E-state index contributed by atoms with van der Waals surface area (Å²) in [5.41, 5.74) is 2.13. The molecule has 0 saturated carbocycles. The molecule has 426 valence electrons. The molecule has 6 aromatic rings. The van der Waals surface area contributed by atoms with Gasteiger partial charge in [-0.1, -0.05) is 105 Å². The summed E-state index contributed by atoms with van der Waals surface area (Å²) in [7, 11) is 0. The molecule has 6 rings (SSSR count). The summed E-state index contributed by atoms with van der Waals surface area (Å²) in [6.45, 7) is 20.9. The molecule has 0 heterocycles. The summed E-state index contributed by atoms with van der Waals surface area (Å²) in [5, 5.41) is 12.2. The molecule has 0 saturated heterocycles. The lowest BCUT2D eigenvalue weighted by atomic mass is 9.67. The van der Waals surface area contributed by atoms with Gasteiger partial charge in [0.25, 0.3) is 0 Å². The summed E-state index contributed by atoms with van der Waals surface area (Å²) in [6, 6.07) is 33.1. The van der Waals surface area contributed by atoms with Crippen LogP contribution in [-0.4, -0.2) is 101 Å². The van der Waals surface area contributed by atoms with Crippen molar-refractivity contribution in [3.8, 4) is 34.1 Å². The molecular weight excluding hydrogens is 1060 g/mol. The van der Waals surface area contributed by atoms with Gasteiger partial charge in [-0.05, 0) is 109 Å². The van der Waals surface area contributed by atoms with Gasteiger partial charge in [0.05, 0.1) is 31.6 Å². The Morgan fingerprint density at radius 3 is 1.07 bits per heavy atom. The second-order valence-electron chi connectivity index (χ2n) is 18.6. The van der Waals surface area contributed by atoms with Gasteiger partial charge in [-0.15, -0.1) is 0 Å². The first-order valence-electron chi connectivity index (χ1n) is 25.6. The van der Waals surface area contributed by atoms with Gasteiger partial charge in [0, 0.05) is 33.4 Å². The van der Waals surface area contributed by atoms with Gasteiger partial charge in [0.1, 0.15) is 49.4 Å². The van der Waals surface area contributed by atoms with Crippen LogP contribution in [0.3, 0.4) is 0 Å². The Balaban J connectivity index is 1.54. The minimum absolute atomic E-state index is 0.00609. The summed E-state index contributed by atoms with van der Waals surface area (Å²) in [5.74, 6) is -2.33. The number of hydrogen-bond donors (Lipinski definition) is 4. The van der Waals surface area contributed by atoms with Gasteiger partial charge < -0.3 is 59.2 Å². The maximum Gasteiger partial charge on any atom is 0.412 e. The zero-order valence-electron chi connectivity index (χ0n) is 46.0. The standard InChI is InChI=1S/C62H62N4O16/c1-37(2)54(67)75-31-27-63-58(71)79-46-21-23-48-43(35-46)17-25-50(81-60(73)65-29-33-77-56(69)39(5)6)52(48)62(9,45-19-15-42(16-20-45)41-13-11-10-12-14-41)53-49-24-22-47(80-59(72)64-28-32-76-55(68)38(3)4)36-44(49)18-26-51(53)82-61(74)66-30-34-78-57(70)40(7)8/h10-26,35-36H,1,3,5,7,27-34H2,2,4,6,8-9H3,(H,63,71)(H,64,72)(H,65,73)(H,66,74). The molecule has 4 N–H and O–H groups in total. The van der Waals surface area contributed by atoms with Crippen LogP contribution >= 0.6 is 0 Å². The lowest BCUT2D eigenvalue weighted by Gasteiger charge is -2.36. The monoisotopic (exact) mass is 1120 g/mol. The lowest BCUT2D eigenvalue weighted by Crippen LogP contribution is -2.34. The highest BCUT2D eigenvalue weighted by molar-refractivity contribution is 5.98. The highest BCUT2D eigenvalue weighted by Gasteiger charge is 2.41. The maximum absolute atomic E-state index is 14.0. The first kappa shape index (κ1) is 61.0. The fourth-order valence-corrected chi connectivity index (χ4v) is 8.18. The number of rotatable bonds is 24. The topological polar surface area (TPSA) is 259 Å². The zero-order valence-corrected chi connectivity index (χ0v) is 46.0. The van der Waals surface area contributed by atoms with Crippen molar-refractivity contribution in [1.29, 1.82) is 0 Å². The summed E-state index contributed by atoms with van der Waals surface area (Å²) >= 11 is 0. The summed E-state index contributed by atoms with van der Waals surface area (Å²) in [4.78, 5) is 102. The van der Waals surface area contributed by atoms with Crippen molar-refractivity contribution in [3.05, 3.63) is 181 Å². The van der Waals surface area contributed by atoms with Gasteiger partial charge in [-0.25, -0.2) is 38.4 Å². The predicted molar refractivity (Wildman–Crippen MR) is 305 cm³/mol. The summed E-state index contributed by atoms with van der Waals surface area (Å²) < 4.78 is 44.3. The highest BCUT2D eigenvalue weighted by atomic mass is 16.6. The third-order valence-corrected chi connectivity index (χ3v) is 12.1. The van der Waals surface area contributed by atoms with Crippen LogP contribution in [0.4, 0.5) is 19.2 Å². The van der Waals surface area contributed by atoms with E-state index in [1.807, 2.05) is 61.5 Å². The molecule has 20 nitrogen and oxygen atoms in total. The van der Waals surface area contributed by atoms with Crippen LogP contribution in [0.15, 0.2) is 164 Å². The van der Waals surface area contributed by atoms with Crippen molar-refractivity contribution in [2.45, 2.75) is 40.0 Å². The number of fused-ring (bicyclic) bond motifs is 2. The van der Waals surface area contributed by atoms with E-state index < -0.39 is 53.7 Å². The predicted octanol–water partition coefficient (Wildman–Crippen LogP) is 9.85. The molecule has 0 aliphatic heterocycles. The van der Waals surface area contributed by atoms with Crippen molar-refractivity contribution in [2.75, 3.05) is 52.6 Å². The minimum atomic E-state index is -1.56. The Hall–Kier alpha value is -10.2. The summed E-state index contributed by atoms with van der Waals surface area (Å²) in [6.07, 6.45) is -3.58. The first-order valence-corrected chi connectivity index (χ1v) is 25.6. The molecule has 0 radical (unpaired) electrons. The van der Waals surface area contributed by atoms with E-state index in [2.05, 4.69) is 47.6 Å². The smallest absolute Gasteiger partial charge is 0.412 e. The van der Waals surface area contributed by atoms with Gasteiger partial charge in [-0.2, -0.15) is 0 Å². The second kappa shape index (κ2) is 28.6. The SMILES string of the molecule is C=C(C)C(=O)OCCNC(=O)Oc1ccc2c(C(C)(c3ccc(-c4ccccc4)cc3)c3c(OC(=O)NCCOC(=O)C(=C)C)ccc4cc(OC(=O)NCCOC(=O)C(=C)C)ccc34)c(OC(=O)NCCOC(=O)C(=C)C)ccc2c1. The van der Waals surface area contributed by atoms with E-state index in [-0.39, 0.29) is 97.9 Å². The molecule has 0 fully saturated rings. The van der Waals surface area contributed by atoms with Gasteiger partial charge in [-0.3, -0.25) is 0 Å². The van der Waals surface area contributed by atoms with E-state index in [4.69, 9.17) is 37.9 Å². The first-order chi connectivity index (χ1) is 39.2. The average Bonchev–Trinajstić information content (AvgIpc) is 1.12. The Morgan fingerprint density at radius 1 is 0.402 bits per heavy atom. The molecule has 0 spiro atoms. The third kappa shape index (κ3) is 16.4. The number of benzene rings is 6. The van der Waals surface area contributed by atoms with Crippen molar-refractivity contribution < 1.29 is 76.3 Å². The molecule has 0 atom stereocenters. The van der Waals surface area contributed by atoms with Gasteiger partial charge >= 0.3 is 48.3 Å². The van der Waals surface area contributed by atoms with E-state index in [1.165, 1.54) is 39.8 Å². The molecule has 82 heavy (non-hydrogen) atoms. The van der Waals surface area contributed by atoms with Crippen LogP contribution in [0.5, 0.6) is 23.0 Å². The number of esters is 4. The van der Waals surface area contributed by atoms with E-state index in [9.17, 15) is 38.4 Å². The number of carbonyl (C=O) groups is 8. The van der Waals surface area contributed by atoms with Crippen LogP contribution in [0.25, 0.3) is 32.7 Å². The molecule has 0 bridgehead atoms. The quantitative estimate of drug-likeness (QED) is 0.0144. The molecule has 0 aromatic heterocycles. The van der Waals surface area contributed by atoms with Crippen molar-refractivity contribution >= 4 is 69.8 Å². The number of carbonyl (C=O) groups excluding carboxylic acids is 8.